The zero-order valence-electron chi connectivity index (χ0n) is 5.33. The lowest BCUT2D eigenvalue weighted by atomic mass is 10.3. The first-order valence-corrected chi connectivity index (χ1v) is 4.20. The molecule has 56 valence electrons. The van der Waals surface area contributed by atoms with Gasteiger partial charge in [-0.25, -0.2) is 0 Å². The lowest BCUT2D eigenvalue weighted by Crippen LogP contribution is -1.71. The fourth-order valence-corrected chi connectivity index (χ4v) is 1.22. The van der Waals surface area contributed by atoms with Gasteiger partial charge in [0.2, 0.25) is 0 Å². The molecule has 0 saturated carbocycles. The van der Waals surface area contributed by atoms with Crippen molar-refractivity contribution >= 4 is 39.9 Å². The summed E-state index contributed by atoms with van der Waals surface area (Å²) in [5.74, 6) is 0. The second kappa shape index (κ2) is 3.80. The Labute approximate surface area is 82.1 Å². The number of hydrogen-bond donors (Lipinski definition) is 0. The fraction of sp³-hybridized carbons (Fsp3) is 0. The lowest BCUT2D eigenvalue weighted by molar-refractivity contribution is 1.46. The third kappa shape index (κ3) is 2.25. The summed E-state index contributed by atoms with van der Waals surface area (Å²) in [6, 6.07) is 5.10. The quantitative estimate of drug-likeness (QED) is 0.324. The number of benzene rings is 1. The van der Waals surface area contributed by atoms with E-state index in [1.165, 1.54) is 0 Å². The molecule has 5 heteroatoms. The standard InChI is InChI=1S/C6H3ClIN3/c7-5-2-1-4(10-11-9)3-6(5)8/h1-3H. The predicted molar refractivity (Wildman–Crippen MR) is 53.0 cm³/mol. The van der Waals surface area contributed by atoms with Crippen LogP contribution in [0.1, 0.15) is 0 Å². The molecule has 0 amide bonds. The van der Waals surface area contributed by atoms with Gasteiger partial charge in [-0.05, 0) is 40.3 Å². The molecule has 0 unspecified atom stereocenters. The van der Waals surface area contributed by atoms with Gasteiger partial charge in [0.1, 0.15) is 0 Å². The van der Waals surface area contributed by atoms with E-state index in [0.717, 1.165) is 3.57 Å². The van der Waals surface area contributed by atoms with E-state index in [-0.39, 0.29) is 0 Å². The molecule has 0 heterocycles. The molecule has 0 atom stereocenters. The molecule has 0 radical (unpaired) electrons. The van der Waals surface area contributed by atoms with Gasteiger partial charge >= 0.3 is 0 Å². The molecule has 0 aliphatic heterocycles. The SMILES string of the molecule is [N-]=[N+]=Nc1ccc(Cl)c(I)c1. The molecule has 11 heavy (non-hydrogen) atoms. The van der Waals surface area contributed by atoms with E-state index in [2.05, 4.69) is 32.6 Å². The summed E-state index contributed by atoms with van der Waals surface area (Å²) in [7, 11) is 0. The van der Waals surface area contributed by atoms with E-state index in [4.69, 9.17) is 17.1 Å². The first-order valence-electron chi connectivity index (χ1n) is 2.74. The second-order valence-corrected chi connectivity index (χ2v) is 3.36. The summed E-state index contributed by atoms with van der Waals surface area (Å²) in [4.78, 5) is 2.66. The molecule has 1 aromatic carbocycles. The Bertz CT molecular complexity index is 320. The highest BCUT2D eigenvalue weighted by molar-refractivity contribution is 14.1. The summed E-state index contributed by atoms with van der Waals surface area (Å²) in [5.41, 5.74) is 8.69. The highest BCUT2D eigenvalue weighted by Gasteiger charge is 1.95. The Kier molecular flexibility index (Phi) is 2.99. The summed E-state index contributed by atoms with van der Waals surface area (Å²) in [6.45, 7) is 0. The lowest BCUT2D eigenvalue weighted by Gasteiger charge is -1.94. The van der Waals surface area contributed by atoms with Crippen molar-refractivity contribution in [1.29, 1.82) is 0 Å². The van der Waals surface area contributed by atoms with E-state index in [9.17, 15) is 0 Å². The van der Waals surface area contributed by atoms with Crippen LogP contribution in [0, 0.1) is 3.57 Å². The third-order valence-electron chi connectivity index (χ3n) is 1.06. The summed E-state index contributed by atoms with van der Waals surface area (Å²) in [5, 5.41) is 4.09. The van der Waals surface area contributed by atoms with Crippen molar-refractivity contribution in [3.05, 3.63) is 37.2 Å². The molecule has 0 aliphatic carbocycles. The summed E-state index contributed by atoms with van der Waals surface area (Å²) < 4.78 is 0.883. The van der Waals surface area contributed by atoms with Crippen LogP contribution in [-0.4, -0.2) is 0 Å². The monoisotopic (exact) mass is 279 g/mol. The van der Waals surface area contributed by atoms with Crippen LogP contribution < -0.4 is 0 Å². The number of hydrogen-bond acceptors (Lipinski definition) is 1. The van der Waals surface area contributed by atoms with Crippen LogP contribution in [0.25, 0.3) is 10.4 Å². The van der Waals surface area contributed by atoms with Crippen molar-refractivity contribution < 1.29 is 0 Å². The number of nitrogens with zero attached hydrogens (tertiary/aromatic N) is 3. The van der Waals surface area contributed by atoms with Gasteiger partial charge in [0.05, 0.1) is 5.02 Å². The smallest absolute Gasteiger partial charge is 0.0539 e. The van der Waals surface area contributed by atoms with Gasteiger partial charge in [0, 0.05) is 14.2 Å². The van der Waals surface area contributed by atoms with Crippen LogP contribution in [0.5, 0.6) is 0 Å². The normalized spacial score (nSPS) is 8.91. The number of halogens is 2. The van der Waals surface area contributed by atoms with E-state index in [0.29, 0.717) is 10.7 Å². The minimum absolute atomic E-state index is 0.585. The van der Waals surface area contributed by atoms with E-state index in [1.807, 2.05) is 0 Å². The molecule has 0 saturated heterocycles. The third-order valence-corrected chi connectivity index (χ3v) is 2.60. The van der Waals surface area contributed by atoms with Gasteiger partial charge in [-0.15, -0.1) is 0 Å². The Hall–Kier alpha value is -0.450. The number of rotatable bonds is 1. The van der Waals surface area contributed by atoms with Crippen LogP contribution in [0.4, 0.5) is 5.69 Å². The highest BCUT2D eigenvalue weighted by Crippen LogP contribution is 2.23. The molecule has 0 bridgehead atoms. The van der Waals surface area contributed by atoms with Crippen molar-refractivity contribution in [3.63, 3.8) is 0 Å². The molecule has 1 rings (SSSR count). The van der Waals surface area contributed by atoms with Crippen molar-refractivity contribution in [2.75, 3.05) is 0 Å². The summed E-state index contributed by atoms with van der Waals surface area (Å²) in [6.07, 6.45) is 0. The van der Waals surface area contributed by atoms with E-state index < -0.39 is 0 Å². The Balaban J connectivity index is 3.14. The van der Waals surface area contributed by atoms with Gasteiger partial charge in [0.15, 0.2) is 0 Å². The Morgan fingerprint density at radius 2 is 2.27 bits per heavy atom. The van der Waals surface area contributed by atoms with Crippen LogP contribution in [0.15, 0.2) is 23.3 Å². The molecule has 1 aromatic rings. The van der Waals surface area contributed by atoms with Crippen LogP contribution in [-0.2, 0) is 0 Å². The van der Waals surface area contributed by atoms with Gasteiger partial charge in [-0.2, -0.15) is 0 Å². The maximum atomic E-state index is 8.10. The predicted octanol–water partition coefficient (Wildman–Crippen LogP) is 3.89. The van der Waals surface area contributed by atoms with Crippen molar-refractivity contribution in [1.82, 2.24) is 0 Å². The van der Waals surface area contributed by atoms with Gasteiger partial charge in [0.25, 0.3) is 0 Å². The molecule has 0 spiro atoms. The van der Waals surface area contributed by atoms with E-state index in [1.54, 1.807) is 18.2 Å². The minimum Gasteiger partial charge on any atom is -0.0832 e. The molecular formula is C6H3ClIN3. The fourth-order valence-electron chi connectivity index (χ4n) is 0.599. The molecule has 0 aliphatic rings. The summed E-state index contributed by atoms with van der Waals surface area (Å²) >= 11 is 7.81. The van der Waals surface area contributed by atoms with E-state index >= 15 is 0 Å². The molecular weight excluding hydrogens is 276 g/mol. The average molecular weight is 279 g/mol. The van der Waals surface area contributed by atoms with Crippen molar-refractivity contribution in [2.45, 2.75) is 0 Å². The first-order chi connectivity index (χ1) is 5.24. The van der Waals surface area contributed by atoms with Crippen LogP contribution in [0.3, 0.4) is 0 Å². The van der Waals surface area contributed by atoms with Crippen LogP contribution >= 0.6 is 34.2 Å². The first kappa shape index (κ1) is 8.64. The maximum absolute atomic E-state index is 8.10. The molecule has 0 fully saturated rings. The topological polar surface area (TPSA) is 48.8 Å². The number of azide groups is 1. The maximum Gasteiger partial charge on any atom is 0.0539 e. The highest BCUT2D eigenvalue weighted by atomic mass is 127. The van der Waals surface area contributed by atoms with Gasteiger partial charge < -0.3 is 0 Å². The van der Waals surface area contributed by atoms with Gasteiger partial charge in [-0.1, -0.05) is 22.8 Å². The van der Waals surface area contributed by atoms with Gasteiger partial charge in [-0.3, -0.25) is 0 Å². The Morgan fingerprint density at radius 1 is 1.55 bits per heavy atom. The molecule has 3 nitrogen and oxygen atoms in total. The zero-order chi connectivity index (χ0) is 8.27. The largest absolute Gasteiger partial charge is 0.0832 e. The molecule has 0 aromatic heterocycles. The molecule has 0 N–H and O–H groups in total. The Morgan fingerprint density at radius 3 is 2.82 bits per heavy atom. The van der Waals surface area contributed by atoms with Crippen LogP contribution in [0.2, 0.25) is 5.02 Å². The zero-order valence-corrected chi connectivity index (χ0v) is 8.24. The van der Waals surface area contributed by atoms with Crippen molar-refractivity contribution in [2.24, 2.45) is 5.11 Å². The average Bonchev–Trinajstić information content (AvgIpc) is 1.98. The van der Waals surface area contributed by atoms with Crippen molar-refractivity contribution in [3.8, 4) is 0 Å². The second-order valence-electron chi connectivity index (χ2n) is 1.79. The minimum atomic E-state index is 0.585.